The van der Waals surface area contributed by atoms with Crippen molar-refractivity contribution in [3.63, 3.8) is 0 Å². The van der Waals surface area contributed by atoms with Crippen LogP contribution in [0.4, 0.5) is 8.78 Å². The van der Waals surface area contributed by atoms with Gasteiger partial charge in [-0.1, -0.05) is 24.0 Å². The van der Waals surface area contributed by atoms with Crippen molar-refractivity contribution in [2.24, 2.45) is 0 Å². The summed E-state index contributed by atoms with van der Waals surface area (Å²) in [7, 11) is -5.02. The predicted molar refractivity (Wildman–Crippen MR) is 128 cm³/mol. The number of thioether (sulfide) groups is 1. The Morgan fingerprint density at radius 2 is 1.97 bits per heavy atom. The summed E-state index contributed by atoms with van der Waals surface area (Å²) in [5.74, 6) is 6.59. The van der Waals surface area contributed by atoms with Crippen molar-refractivity contribution in [3.8, 4) is 17.6 Å². The fourth-order valence-corrected chi connectivity index (χ4v) is 4.03. The summed E-state index contributed by atoms with van der Waals surface area (Å²) in [6.45, 7) is 2.05. The van der Waals surface area contributed by atoms with Crippen LogP contribution in [0.1, 0.15) is 28.4 Å². The number of rotatable bonds is 8. The minimum atomic E-state index is -5.02. The van der Waals surface area contributed by atoms with E-state index in [2.05, 4.69) is 32.3 Å². The molecule has 2 rings (SSSR count). The van der Waals surface area contributed by atoms with Gasteiger partial charge in [0.25, 0.3) is 0 Å². The third-order valence-corrected chi connectivity index (χ3v) is 5.98. The van der Waals surface area contributed by atoms with E-state index < -0.39 is 13.8 Å². The van der Waals surface area contributed by atoms with Gasteiger partial charge in [-0.25, -0.2) is 9.36 Å². The Hall–Kier alpha value is 0.150. The zero-order valence-electron chi connectivity index (χ0n) is 17.8. The van der Waals surface area contributed by atoms with Crippen LogP contribution in [0.5, 0.6) is 5.75 Å². The molecule has 0 amide bonds. The van der Waals surface area contributed by atoms with Crippen LogP contribution in [-0.2, 0) is 15.1 Å². The first kappa shape index (κ1) is 32.1. The van der Waals surface area contributed by atoms with Crippen molar-refractivity contribution in [2.45, 2.75) is 18.8 Å². The molecule has 1 atom stereocenters. The van der Waals surface area contributed by atoms with Crippen molar-refractivity contribution >= 4 is 100 Å². The molecule has 0 bridgehead atoms. The van der Waals surface area contributed by atoms with E-state index in [1.807, 2.05) is 0 Å². The number of halogens is 3. The number of hydrogen-bond donors (Lipinski definition) is 1. The van der Waals surface area contributed by atoms with Crippen LogP contribution in [0.3, 0.4) is 0 Å². The molecule has 1 unspecified atom stereocenters. The predicted octanol–water partition coefficient (Wildman–Crippen LogP) is 4.94. The van der Waals surface area contributed by atoms with E-state index >= 15 is 0 Å². The van der Waals surface area contributed by atoms with Gasteiger partial charge in [0, 0.05) is 70.4 Å². The quantitative estimate of drug-likeness (QED) is 0.161. The minimum Gasteiger partial charge on any atom is -0.462 e. The fourth-order valence-electron chi connectivity index (χ4n) is 2.19. The average Bonchev–Trinajstić information content (AvgIpc) is 2.70. The van der Waals surface area contributed by atoms with E-state index in [1.165, 1.54) is 17.8 Å². The Bertz CT molecular complexity index is 1020. The number of carbonyl (C=O) groups excluding carboxylic acids is 1. The molecule has 0 fully saturated rings. The van der Waals surface area contributed by atoms with Crippen LogP contribution in [0.2, 0.25) is 0 Å². The van der Waals surface area contributed by atoms with Gasteiger partial charge >= 0.3 is 19.7 Å². The molecule has 2 aromatic rings. The number of benzene rings is 2. The summed E-state index contributed by atoms with van der Waals surface area (Å²) >= 11 is 4.68. The third-order valence-electron chi connectivity index (χ3n) is 3.52. The molecule has 0 aliphatic rings. The summed E-state index contributed by atoms with van der Waals surface area (Å²) in [5.41, 5.74) is 2.01. The normalized spacial score (nSPS) is 11.8. The molecule has 0 aromatic heterocycles. The molecule has 1 N–H and O–H groups in total. The standard InChI is InChI=1S/C20H18BrF2O5PS.2Na/c1-2-27-19(24)16-7-3-5-14(11-16)6-4-10-30-13-15-8-9-18(17(21)12-15)28-29(25,26)20(22)23;;/h3,5,7-9,11-12,20H,2,10,13H2,1H3,(H,25,26);;. The molecule has 5 nitrogen and oxygen atoms in total. The smallest absolute Gasteiger partial charge is 0.442 e. The molecular formula is C20H18BrF2Na2O5PS. The Morgan fingerprint density at radius 1 is 1.25 bits per heavy atom. The molecular weight excluding hydrogens is 547 g/mol. The average molecular weight is 565 g/mol. The van der Waals surface area contributed by atoms with Crippen molar-refractivity contribution in [1.29, 1.82) is 0 Å². The summed E-state index contributed by atoms with van der Waals surface area (Å²) < 4.78 is 46.0. The monoisotopic (exact) mass is 564 g/mol. The van der Waals surface area contributed by atoms with E-state index in [1.54, 1.807) is 43.3 Å². The second-order valence-corrected chi connectivity index (χ2v) is 9.33. The zero-order valence-corrected chi connectivity index (χ0v) is 25.1. The van der Waals surface area contributed by atoms with Crippen molar-refractivity contribution in [3.05, 3.63) is 63.6 Å². The van der Waals surface area contributed by atoms with Crippen LogP contribution in [0, 0.1) is 11.8 Å². The molecule has 162 valence electrons. The van der Waals surface area contributed by atoms with E-state index in [0.29, 0.717) is 33.7 Å². The number of alkyl halides is 2. The molecule has 32 heavy (non-hydrogen) atoms. The molecule has 12 heteroatoms. The minimum absolute atomic E-state index is 0. The zero-order chi connectivity index (χ0) is 22.1. The van der Waals surface area contributed by atoms with Crippen LogP contribution >= 0.6 is 35.3 Å². The van der Waals surface area contributed by atoms with Crippen LogP contribution in [-0.4, -0.2) is 88.5 Å². The third kappa shape index (κ3) is 10.6. The first-order valence-electron chi connectivity index (χ1n) is 8.65. The number of carbonyl (C=O) groups is 1. The van der Waals surface area contributed by atoms with Crippen molar-refractivity contribution in [1.82, 2.24) is 0 Å². The SMILES string of the molecule is CCOC(=O)c1cccc(C#CCSCc2ccc(OP(=O)(O)C(F)F)c(Br)c2)c1.[Na].[Na]. The van der Waals surface area contributed by atoms with Gasteiger partial charge in [-0.15, -0.1) is 11.8 Å². The first-order valence-corrected chi connectivity index (χ1v) is 12.2. The van der Waals surface area contributed by atoms with Crippen molar-refractivity contribution < 1.29 is 32.3 Å². The largest absolute Gasteiger partial charge is 0.462 e. The molecule has 0 saturated carbocycles. The van der Waals surface area contributed by atoms with Gasteiger partial charge in [0.05, 0.1) is 22.4 Å². The Morgan fingerprint density at radius 3 is 2.59 bits per heavy atom. The first-order chi connectivity index (χ1) is 14.2. The van der Waals surface area contributed by atoms with Crippen LogP contribution in [0.25, 0.3) is 0 Å². The van der Waals surface area contributed by atoms with Gasteiger partial charge in [0.15, 0.2) is 0 Å². The summed E-state index contributed by atoms with van der Waals surface area (Å²) in [6.07, 6.45) is -3.48. The second kappa shape index (κ2) is 15.9. The molecule has 0 aliphatic carbocycles. The maximum Gasteiger partial charge on any atom is 0.442 e. The van der Waals surface area contributed by atoms with Crippen LogP contribution < -0.4 is 4.52 Å². The van der Waals surface area contributed by atoms with Gasteiger partial charge in [0.1, 0.15) is 5.75 Å². The molecule has 0 saturated heterocycles. The number of hydrogen-bond acceptors (Lipinski definition) is 5. The van der Waals surface area contributed by atoms with Gasteiger partial charge in [0.2, 0.25) is 0 Å². The fraction of sp³-hybridized carbons (Fsp3) is 0.250. The topological polar surface area (TPSA) is 72.8 Å². The van der Waals surface area contributed by atoms with Crippen LogP contribution in [0.15, 0.2) is 46.9 Å². The van der Waals surface area contributed by atoms with Gasteiger partial charge in [-0.2, -0.15) is 8.78 Å². The maximum absolute atomic E-state index is 12.5. The molecule has 2 radical (unpaired) electrons. The van der Waals surface area contributed by atoms with Gasteiger partial charge in [-0.05, 0) is 58.7 Å². The van der Waals surface area contributed by atoms with E-state index in [0.717, 1.165) is 5.56 Å². The van der Waals surface area contributed by atoms with E-state index in [4.69, 9.17) is 9.63 Å². The Kier molecular flexibility index (Phi) is 16.0. The summed E-state index contributed by atoms with van der Waals surface area (Å²) in [6, 6.07) is 11.5. The molecule has 2 aromatic carbocycles. The summed E-state index contributed by atoms with van der Waals surface area (Å²) in [5, 5.41) is 0. The molecule has 0 spiro atoms. The van der Waals surface area contributed by atoms with E-state index in [9.17, 15) is 18.1 Å². The Balaban J connectivity index is 0.00000480. The molecule has 0 aliphatic heterocycles. The van der Waals surface area contributed by atoms with Crippen molar-refractivity contribution in [2.75, 3.05) is 12.4 Å². The van der Waals surface area contributed by atoms with Gasteiger partial charge in [-0.3, -0.25) is 0 Å². The molecule has 0 heterocycles. The summed E-state index contributed by atoms with van der Waals surface area (Å²) in [4.78, 5) is 20.9. The van der Waals surface area contributed by atoms with Gasteiger partial charge < -0.3 is 14.2 Å². The number of esters is 1. The van der Waals surface area contributed by atoms with E-state index in [-0.39, 0.29) is 70.8 Å². The number of ether oxygens (including phenoxy) is 1. The second-order valence-electron chi connectivity index (χ2n) is 5.79. The maximum atomic E-state index is 12.5. The Labute approximate surface area is 242 Å².